The Kier molecular flexibility index (Phi) is 9.26. The van der Waals surface area contributed by atoms with E-state index >= 15 is 13.2 Å². The summed E-state index contributed by atoms with van der Waals surface area (Å²) >= 11 is 0. The van der Waals surface area contributed by atoms with Gasteiger partial charge in [-0.05, 0) is 54.5 Å². The monoisotopic (exact) mass is 608 g/mol. The Balaban J connectivity index is 1.67. The van der Waals surface area contributed by atoms with E-state index in [0.717, 1.165) is 11.0 Å². The van der Waals surface area contributed by atoms with Gasteiger partial charge in [0.05, 0.1) is 13.7 Å². The highest BCUT2D eigenvalue weighted by Gasteiger charge is 2.61. The maximum absolute atomic E-state index is 15.2. The average Bonchev–Trinajstić information content (AvgIpc) is 2.96. The van der Waals surface area contributed by atoms with Gasteiger partial charge in [-0.15, -0.1) is 0 Å². The second kappa shape index (κ2) is 12.6. The molecule has 2 atom stereocenters. The second-order valence-electron chi connectivity index (χ2n) is 10.3. The van der Waals surface area contributed by atoms with Crippen molar-refractivity contribution in [2.75, 3.05) is 25.6 Å². The fourth-order valence-electron chi connectivity index (χ4n) is 4.94. The van der Waals surface area contributed by atoms with Crippen LogP contribution in [0.5, 0.6) is 11.5 Å². The smallest absolute Gasteiger partial charge is 0.416 e. The van der Waals surface area contributed by atoms with Crippen molar-refractivity contribution in [2.24, 2.45) is 5.92 Å². The van der Waals surface area contributed by atoms with Crippen LogP contribution >= 0.6 is 0 Å². The van der Waals surface area contributed by atoms with Gasteiger partial charge in [-0.2, -0.15) is 26.3 Å². The number of nitrogens with zero attached hydrogens (tertiary/aromatic N) is 1. The maximum atomic E-state index is 15.2. The fraction of sp³-hybridized carbons (Fsp3) is 0.355. The molecule has 230 valence electrons. The zero-order valence-electron chi connectivity index (χ0n) is 23.4. The van der Waals surface area contributed by atoms with E-state index in [2.05, 4.69) is 5.32 Å². The molecule has 4 rings (SSSR count). The Labute approximate surface area is 244 Å². The van der Waals surface area contributed by atoms with E-state index in [1.165, 1.54) is 49.6 Å². The Morgan fingerprint density at radius 2 is 1.67 bits per heavy atom. The highest BCUT2D eigenvalue weighted by molar-refractivity contribution is 6.04. The van der Waals surface area contributed by atoms with Gasteiger partial charge < -0.3 is 19.7 Å². The average molecular weight is 609 g/mol. The van der Waals surface area contributed by atoms with Crippen LogP contribution in [0.1, 0.15) is 31.7 Å². The Morgan fingerprint density at radius 3 is 2.26 bits per heavy atom. The highest BCUT2D eigenvalue weighted by Crippen LogP contribution is 2.51. The van der Waals surface area contributed by atoms with Gasteiger partial charge in [-0.25, -0.2) is 0 Å². The van der Waals surface area contributed by atoms with Gasteiger partial charge >= 0.3 is 12.4 Å². The fourth-order valence-corrected chi connectivity index (χ4v) is 4.94. The molecule has 12 heteroatoms. The van der Waals surface area contributed by atoms with Gasteiger partial charge in [0.25, 0.3) is 5.91 Å². The van der Waals surface area contributed by atoms with Gasteiger partial charge in [0.1, 0.15) is 11.5 Å². The summed E-state index contributed by atoms with van der Waals surface area (Å²) in [5, 5.41) is 2.69. The predicted octanol–water partition coefficient (Wildman–Crippen LogP) is 7.10. The van der Waals surface area contributed by atoms with Gasteiger partial charge in [0.2, 0.25) is 0 Å². The number of hydrogen-bond donors (Lipinski definition) is 1. The molecule has 0 aromatic heterocycles. The minimum atomic E-state index is -4.88. The van der Waals surface area contributed by atoms with Crippen molar-refractivity contribution in [3.63, 3.8) is 0 Å². The molecular weight excluding hydrogens is 578 g/mol. The van der Waals surface area contributed by atoms with Crippen LogP contribution in [0.2, 0.25) is 0 Å². The number of carbonyl (C=O) groups is 2. The van der Waals surface area contributed by atoms with Crippen LogP contribution in [0.15, 0.2) is 84.1 Å². The number of alkyl halides is 6. The molecular formula is C31H30F6N2O4. The number of hydrogen-bond acceptors (Lipinski definition) is 5. The number of benzene rings is 2. The molecule has 1 amide bonds. The molecule has 0 fully saturated rings. The molecule has 0 bridgehead atoms. The summed E-state index contributed by atoms with van der Waals surface area (Å²) in [5.41, 5.74) is -2.37. The molecule has 1 aliphatic heterocycles. The van der Waals surface area contributed by atoms with E-state index in [1.54, 1.807) is 31.2 Å². The van der Waals surface area contributed by atoms with Gasteiger partial charge in [-0.3, -0.25) is 9.59 Å². The zero-order valence-corrected chi connectivity index (χ0v) is 23.4. The quantitative estimate of drug-likeness (QED) is 0.243. The van der Waals surface area contributed by atoms with E-state index in [0.29, 0.717) is 11.4 Å². The molecule has 2 aliphatic rings. The van der Waals surface area contributed by atoms with Crippen LogP contribution in [-0.4, -0.2) is 49.2 Å². The number of nitrogens with one attached hydrogen (secondary N) is 1. The van der Waals surface area contributed by atoms with Gasteiger partial charge in [-0.1, -0.05) is 31.2 Å². The molecule has 0 radical (unpaired) electrons. The molecule has 0 saturated heterocycles. The minimum absolute atomic E-state index is 0.00394. The number of allylic oxidation sites excluding steroid dienone is 3. The molecule has 2 aromatic rings. The maximum Gasteiger partial charge on any atom is 0.416 e. The van der Waals surface area contributed by atoms with E-state index in [-0.39, 0.29) is 41.4 Å². The number of anilines is 1. The third-order valence-electron chi connectivity index (χ3n) is 7.35. The van der Waals surface area contributed by atoms with E-state index in [4.69, 9.17) is 9.47 Å². The Bertz CT molecular complexity index is 1410. The summed E-state index contributed by atoms with van der Waals surface area (Å²) < 4.78 is 93.3. The number of amides is 1. The molecule has 1 N–H and O–H groups in total. The lowest BCUT2D eigenvalue weighted by molar-refractivity contribution is -0.232. The first-order valence-corrected chi connectivity index (χ1v) is 13.5. The van der Waals surface area contributed by atoms with Crippen molar-refractivity contribution in [3.8, 4) is 11.5 Å². The summed E-state index contributed by atoms with van der Waals surface area (Å²) in [4.78, 5) is 26.8. The van der Waals surface area contributed by atoms with E-state index in [9.17, 15) is 22.8 Å². The van der Waals surface area contributed by atoms with Crippen LogP contribution in [0.4, 0.5) is 32.0 Å². The molecule has 1 aliphatic carbocycles. The van der Waals surface area contributed by atoms with Gasteiger partial charge in [0, 0.05) is 48.3 Å². The van der Waals surface area contributed by atoms with Crippen LogP contribution in [0.3, 0.4) is 0 Å². The van der Waals surface area contributed by atoms with Crippen LogP contribution in [0.25, 0.3) is 0 Å². The number of methoxy groups -OCH3 is 1. The van der Waals surface area contributed by atoms with E-state index in [1.807, 2.05) is 0 Å². The first-order chi connectivity index (χ1) is 20.2. The number of carbonyl (C=O) groups excluding carboxylic acids is 2. The molecule has 2 aromatic carbocycles. The number of ketones is 1. The number of ether oxygens (including phenoxy) is 2. The van der Waals surface area contributed by atoms with Crippen molar-refractivity contribution in [3.05, 3.63) is 89.7 Å². The van der Waals surface area contributed by atoms with Crippen molar-refractivity contribution in [1.29, 1.82) is 0 Å². The SMILES string of the molecule is COc1ccc(NC(=O)C2=CC[C@@](c3ccc(OCCCC(F)(F)F)cc3)(C(F)(F)F)N(C3=CC(=O)C(C)C=C3)C2)cc1. The molecule has 6 nitrogen and oxygen atoms in total. The first-order valence-electron chi connectivity index (χ1n) is 13.5. The lowest BCUT2D eigenvalue weighted by Gasteiger charge is -2.49. The molecule has 43 heavy (non-hydrogen) atoms. The van der Waals surface area contributed by atoms with Gasteiger partial charge in [0.15, 0.2) is 11.3 Å². The number of halogens is 6. The van der Waals surface area contributed by atoms with Crippen LogP contribution < -0.4 is 14.8 Å². The van der Waals surface area contributed by atoms with E-state index < -0.39 is 49.1 Å². The normalized spacial score (nSPS) is 20.8. The summed E-state index contributed by atoms with van der Waals surface area (Å²) in [6, 6.07) is 11.4. The minimum Gasteiger partial charge on any atom is -0.497 e. The third kappa shape index (κ3) is 7.23. The second-order valence-corrected chi connectivity index (χ2v) is 10.3. The molecule has 1 heterocycles. The molecule has 1 unspecified atom stereocenters. The summed E-state index contributed by atoms with van der Waals surface area (Å²) in [6.07, 6.45) is -5.88. The molecule has 0 saturated carbocycles. The van der Waals surface area contributed by atoms with Crippen molar-refractivity contribution in [2.45, 2.75) is 44.1 Å². The van der Waals surface area contributed by atoms with Crippen molar-refractivity contribution >= 4 is 17.4 Å². The Morgan fingerprint density at radius 1 is 1.02 bits per heavy atom. The van der Waals surface area contributed by atoms with Crippen LogP contribution in [-0.2, 0) is 15.1 Å². The third-order valence-corrected chi connectivity index (χ3v) is 7.35. The van der Waals surface area contributed by atoms with Crippen molar-refractivity contribution < 1.29 is 45.4 Å². The standard InChI is InChI=1S/C31H30F6N2O4/c1-20-4-9-24(18-27(20)40)39-19-21(28(41)38-23-7-12-25(42-2)13-8-23)14-16-29(39,31(35,36)37)22-5-10-26(11-6-22)43-17-3-15-30(32,33)34/h4-14,18,20H,3,15-17,19H2,1-2H3,(H,38,41)/t20?,29-/m1/s1. The highest BCUT2D eigenvalue weighted by atomic mass is 19.4. The summed E-state index contributed by atoms with van der Waals surface area (Å²) in [7, 11) is 1.49. The largest absolute Gasteiger partial charge is 0.497 e. The topological polar surface area (TPSA) is 67.9 Å². The van der Waals surface area contributed by atoms with Crippen molar-refractivity contribution in [1.82, 2.24) is 4.90 Å². The zero-order chi connectivity index (χ0) is 31.4. The summed E-state index contributed by atoms with van der Waals surface area (Å²) in [6.45, 7) is 0.901. The molecule has 0 spiro atoms. The summed E-state index contributed by atoms with van der Waals surface area (Å²) in [5.74, 6) is -0.829. The predicted molar refractivity (Wildman–Crippen MR) is 147 cm³/mol. The number of rotatable bonds is 9. The Hall–Kier alpha value is -4.22. The first kappa shape index (κ1) is 31.7. The van der Waals surface area contributed by atoms with Crippen LogP contribution in [0, 0.1) is 5.92 Å². The lowest BCUT2D eigenvalue weighted by atomic mass is 9.79. The lowest BCUT2D eigenvalue weighted by Crippen LogP contribution is -2.58.